The Morgan fingerprint density at radius 2 is 1.73 bits per heavy atom. The summed E-state index contributed by atoms with van der Waals surface area (Å²) in [5.41, 5.74) is 0.853. The molecule has 4 N–H and O–H groups in total. The van der Waals surface area contributed by atoms with E-state index in [9.17, 15) is 14.4 Å². The molecule has 0 heterocycles. The van der Waals surface area contributed by atoms with Crippen LogP contribution in [0.2, 0.25) is 0 Å². The van der Waals surface area contributed by atoms with Crippen molar-refractivity contribution in [2.24, 2.45) is 23.7 Å². The van der Waals surface area contributed by atoms with E-state index < -0.39 is 24.1 Å². The van der Waals surface area contributed by atoms with Gasteiger partial charge in [0.05, 0.1) is 6.04 Å². The largest absolute Gasteiger partial charge is 0.465 e. The minimum atomic E-state index is -1.26. The lowest BCUT2D eigenvalue weighted by atomic mass is 9.70. The maximum absolute atomic E-state index is 13.0. The zero-order valence-corrected chi connectivity index (χ0v) is 18.4. The van der Waals surface area contributed by atoms with Crippen LogP contribution in [-0.4, -0.2) is 35.6 Å². The molecule has 0 spiro atoms. The van der Waals surface area contributed by atoms with Gasteiger partial charge in [-0.1, -0.05) is 57.5 Å². The van der Waals surface area contributed by atoms with E-state index in [4.69, 9.17) is 5.11 Å². The van der Waals surface area contributed by atoms with E-state index in [1.54, 1.807) is 0 Å². The van der Waals surface area contributed by atoms with E-state index in [0.717, 1.165) is 24.8 Å². The van der Waals surface area contributed by atoms with Crippen LogP contribution in [0.5, 0.6) is 0 Å². The van der Waals surface area contributed by atoms with Crippen molar-refractivity contribution in [2.45, 2.75) is 59.0 Å². The van der Waals surface area contributed by atoms with Crippen LogP contribution in [0.1, 0.15) is 58.6 Å². The third-order valence-electron chi connectivity index (χ3n) is 6.09. The molecule has 1 aromatic carbocycles. The molecule has 0 bridgehead atoms. The van der Waals surface area contributed by atoms with Gasteiger partial charge in [-0.15, -0.1) is 0 Å². The summed E-state index contributed by atoms with van der Waals surface area (Å²) in [6.45, 7) is 8.28. The van der Waals surface area contributed by atoms with Crippen LogP contribution in [0, 0.1) is 23.7 Å². The van der Waals surface area contributed by atoms with Crippen LogP contribution in [0.15, 0.2) is 30.3 Å². The first-order chi connectivity index (χ1) is 14.2. The highest BCUT2D eigenvalue weighted by atomic mass is 16.4. The van der Waals surface area contributed by atoms with Crippen molar-refractivity contribution in [3.8, 4) is 0 Å². The number of benzene rings is 1. The van der Waals surface area contributed by atoms with Gasteiger partial charge in [0.1, 0.15) is 6.04 Å². The Morgan fingerprint density at radius 1 is 1.07 bits per heavy atom. The molecule has 2 rings (SSSR count). The zero-order valence-electron chi connectivity index (χ0n) is 18.4. The molecular weight excluding hydrogens is 382 g/mol. The molecule has 0 aliphatic heterocycles. The smallest absolute Gasteiger partial charge is 0.405 e. The first-order valence-corrected chi connectivity index (χ1v) is 10.8. The molecule has 0 unspecified atom stereocenters. The van der Waals surface area contributed by atoms with Gasteiger partial charge in [0.25, 0.3) is 0 Å². The maximum atomic E-state index is 13.0. The van der Waals surface area contributed by atoms with Crippen LogP contribution < -0.4 is 16.0 Å². The summed E-state index contributed by atoms with van der Waals surface area (Å²) in [4.78, 5) is 36.3. The van der Waals surface area contributed by atoms with Crippen molar-refractivity contribution in [2.75, 3.05) is 6.54 Å². The quantitative estimate of drug-likeness (QED) is 0.520. The minimum Gasteiger partial charge on any atom is -0.465 e. The predicted octanol–water partition coefficient (Wildman–Crippen LogP) is 3.32. The Kier molecular flexibility index (Phi) is 8.69. The van der Waals surface area contributed by atoms with Crippen molar-refractivity contribution in [1.29, 1.82) is 0 Å². The first kappa shape index (κ1) is 23.7. The standard InChI is InChI=1S/C23H35N3O4/c1-14(2)18-11-10-15(3)12-19(18)22(28)24-13-20(17-8-6-5-7-9-17)26-21(27)16(4)25-23(29)30/h5-9,14-16,18-20,25H,10-13H2,1-4H3,(H,24,28)(H,26,27)(H,29,30)/t15-,16+,18+,19-,20-/m1/s1. The number of hydrogen-bond acceptors (Lipinski definition) is 3. The molecule has 7 heteroatoms. The van der Waals surface area contributed by atoms with Crippen molar-refractivity contribution >= 4 is 17.9 Å². The Bertz CT molecular complexity index is 722. The third-order valence-corrected chi connectivity index (χ3v) is 6.09. The van der Waals surface area contributed by atoms with Gasteiger partial charge < -0.3 is 21.1 Å². The van der Waals surface area contributed by atoms with E-state index in [2.05, 4.69) is 36.7 Å². The second kappa shape index (κ2) is 11.0. The van der Waals surface area contributed by atoms with Crippen molar-refractivity contribution in [3.63, 3.8) is 0 Å². The molecule has 7 nitrogen and oxygen atoms in total. The molecule has 0 saturated heterocycles. The predicted molar refractivity (Wildman–Crippen MR) is 116 cm³/mol. The summed E-state index contributed by atoms with van der Waals surface area (Å²) >= 11 is 0. The van der Waals surface area contributed by atoms with E-state index >= 15 is 0 Å². The number of amides is 3. The second-order valence-electron chi connectivity index (χ2n) is 8.82. The number of hydrogen-bond donors (Lipinski definition) is 4. The number of carboxylic acid groups (broad SMARTS) is 1. The van der Waals surface area contributed by atoms with Gasteiger partial charge in [0, 0.05) is 12.5 Å². The third kappa shape index (κ3) is 6.75. The van der Waals surface area contributed by atoms with Gasteiger partial charge in [-0.3, -0.25) is 9.59 Å². The highest BCUT2D eigenvalue weighted by molar-refractivity contribution is 5.85. The SMILES string of the molecule is CC(C)[C@@H]1CC[C@@H](C)C[C@H]1C(=O)NC[C@@H](NC(=O)[C@H](C)NC(=O)O)c1ccccc1. The van der Waals surface area contributed by atoms with Crippen LogP contribution in [0.3, 0.4) is 0 Å². The average molecular weight is 418 g/mol. The number of carbonyl (C=O) groups excluding carboxylic acids is 2. The molecule has 3 amide bonds. The highest BCUT2D eigenvalue weighted by Crippen LogP contribution is 2.38. The van der Waals surface area contributed by atoms with Gasteiger partial charge in [-0.25, -0.2) is 4.79 Å². The molecule has 0 radical (unpaired) electrons. The fourth-order valence-electron chi connectivity index (χ4n) is 4.32. The molecule has 1 saturated carbocycles. The van der Waals surface area contributed by atoms with Crippen molar-refractivity contribution in [1.82, 2.24) is 16.0 Å². The lowest BCUT2D eigenvalue weighted by molar-refractivity contribution is -0.130. The lowest BCUT2D eigenvalue weighted by Gasteiger charge is -2.36. The molecule has 30 heavy (non-hydrogen) atoms. The number of rotatable bonds is 8. The van der Waals surface area contributed by atoms with Gasteiger partial charge in [0.2, 0.25) is 11.8 Å². The molecule has 0 aromatic heterocycles. The zero-order chi connectivity index (χ0) is 22.3. The lowest BCUT2D eigenvalue weighted by Crippen LogP contribution is -2.48. The fraction of sp³-hybridized carbons (Fsp3) is 0.609. The summed E-state index contributed by atoms with van der Waals surface area (Å²) in [5.74, 6) is 0.919. The van der Waals surface area contributed by atoms with E-state index in [1.807, 2.05) is 30.3 Å². The van der Waals surface area contributed by atoms with Gasteiger partial charge in [-0.2, -0.15) is 0 Å². The summed E-state index contributed by atoms with van der Waals surface area (Å²) in [5, 5.41) is 16.9. The number of carbonyl (C=O) groups is 3. The molecule has 1 aromatic rings. The van der Waals surface area contributed by atoms with Gasteiger partial charge in [-0.05, 0) is 43.1 Å². The topological polar surface area (TPSA) is 108 Å². The summed E-state index contributed by atoms with van der Waals surface area (Å²) in [6.07, 6.45) is 1.85. The Labute approximate surface area is 179 Å². The average Bonchev–Trinajstić information content (AvgIpc) is 2.70. The first-order valence-electron chi connectivity index (χ1n) is 10.8. The molecular formula is C23H35N3O4. The fourth-order valence-corrected chi connectivity index (χ4v) is 4.32. The highest BCUT2D eigenvalue weighted by Gasteiger charge is 2.35. The normalized spacial score (nSPS) is 23.3. The Morgan fingerprint density at radius 3 is 2.33 bits per heavy atom. The Balaban J connectivity index is 2.07. The van der Waals surface area contributed by atoms with Crippen LogP contribution in [0.4, 0.5) is 4.79 Å². The maximum Gasteiger partial charge on any atom is 0.405 e. The Hall–Kier alpha value is -2.57. The van der Waals surface area contributed by atoms with E-state index in [1.165, 1.54) is 6.92 Å². The van der Waals surface area contributed by atoms with Crippen molar-refractivity contribution < 1.29 is 19.5 Å². The summed E-state index contributed by atoms with van der Waals surface area (Å²) in [6, 6.07) is 8.04. The van der Waals surface area contributed by atoms with Crippen LogP contribution in [0.25, 0.3) is 0 Å². The molecule has 5 atom stereocenters. The van der Waals surface area contributed by atoms with Gasteiger partial charge in [0.15, 0.2) is 0 Å². The van der Waals surface area contributed by atoms with E-state index in [-0.39, 0.29) is 18.4 Å². The second-order valence-corrected chi connectivity index (χ2v) is 8.82. The molecule has 166 valence electrons. The van der Waals surface area contributed by atoms with Crippen molar-refractivity contribution in [3.05, 3.63) is 35.9 Å². The molecule has 1 aliphatic rings. The molecule has 1 aliphatic carbocycles. The van der Waals surface area contributed by atoms with Crippen LogP contribution in [-0.2, 0) is 9.59 Å². The van der Waals surface area contributed by atoms with E-state index in [0.29, 0.717) is 17.8 Å². The number of nitrogens with one attached hydrogen (secondary N) is 3. The summed E-state index contributed by atoms with van der Waals surface area (Å²) in [7, 11) is 0. The monoisotopic (exact) mass is 417 g/mol. The van der Waals surface area contributed by atoms with Crippen LogP contribution >= 0.6 is 0 Å². The summed E-state index contributed by atoms with van der Waals surface area (Å²) < 4.78 is 0. The minimum absolute atomic E-state index is 0.0199. The van der Waals surface area contributed by atoms with Gasteiger partial charge >= 0.3 is 6.09 Å². The molecule has 1 fully saturated rings.